The zero-order chi connectivity index (χ0) is 13.9. The number of nitrogens with zero attached hydrogens (tertiary/aromatic N) is 2. The van der Waals surface area contributed by atoms with Crippen LogP contribution in [0.4, 0.5) is 5.82 Å². The summed E-state index contributed by atoms with van der Waals surface area (Å²) in [5.41, 5.74) is 3.59. The van der Waals surface area contributed by atoms with Crippen LogP contribution in [0.15, 0.2) is 28.7 Å². The highest BCUT2D eigenvalue weighted by atomic mass is 79.9. The van der Waals surface area contributed by atoms with Crippen molar-refractivity contribution in [3.05, 3.63) is 40.0 Å². The highest BCUT2D eigenvalue weighted by molar-refractivity contribution is 9.10. The van der Waals surface area contributed by atoms with Crippen molar-refractivity contribution in [2.45, 2.75) is 32.1 Å². The van der Waals surface area contributed by atoms with Gasteiger partial charge in [0.2, 0.25) is 0 Å². The first-order valence-corrected chi connectivity index (χ1v) is 7.90. The van der Waals surface area contributed by atoms with E-state index in [9.17, 15) is 0 Å². The first-order chi connectivity index (χ1) is 9.78. The molecule has 4 heteroatoms. The van der Waals surface area contributed by atoms with E-state index >= 15 is 0 Å². The smallest absolute Gasteiger partial charge is 0.161 e. The quantitative estimate of drug-likeness (QED) is 0.837. The van der Waals surface area contributed by atoms with Crippen molar-refractivity contribution >= 4 is 21.7 Å². The molecular formula is C16H18BrN3. The third-order valence-corrected chi connectivity index (χ3v) is 4.25. The Labute approximate surface area is 128 Å². The molecule has 2 aromatic rings. The van der Waals surface area contributed by atoms with Crippen LogP contribution in [-0.2, 0) is 12.8 Å². The van der Waals surface area contributed by atoms with E-state index in [0.717, 1.165) is 34.5 Å². The molecule has 0 atom stereocenters. The molecule has 0 fully saturated rings. The van der Waals surface area contributed by atoms with Crippen LogP contribution in [0.3, 0.4) is 0 Å². The van der Waals surface area contributed by atoms with Gasteiger partial charge in [0.25, 0.3) is 0 Å². The van der Waals surface area contributed by atoms with Gasteiger partial charge >= 0.3 is 0 Å². The number of aromatic nitrogens is 2. The summed E-state index contributed by atoms with van der Waals surface area (Å²) < 4.78 is 1.06. The Morgan fingerprint density at radius 2 is 1.95 bits per heavy atom. The molecule has 104 valence electrons. The van der Waals surface area contributed by atoms with E-state index in [0.29, 0.717) is 0 Å². The molecule has 3 rings (SSSR count). The molecule has 0 saturated heterocycles. The molecule has 0 saturated carbocycles. The molecule has 3 nitrogen and oxygen atoms in total. The Kier molecular flexibility index (Phi) is 4.01. The van der Waals surface area contributed by atoms with Crippen LogP contribution in [0.25, 0.3) is 11.4 Å². The number of anilines is 1. The molecule has 0 spiro atoms. The molecule has 1 aliphatic rings. The minimum atomic E-state index is 0.816. The zero-order valence-corrected chi connectivity index (χ0v) is 13.2. The first-order valence-electron chi connectivity index (χ1n) is 7.11. The third-order valence-electron chi connectivity index (χ3n) is 3.75. The largest absolute Gasteiger partial charge is 0.373 e. The fourth-order valence-electron chi connectivity index (χ4n) is 2.73. The van der Waals surface area contributed by atoms with E-state index in [4.69, 9.17) is 9.97 Å². The van der Waals surface area contributed by atoms with Gasteiger partial charge in [0.15, 0.2) is 5.82 Å². The van der Waals surface area contributed by atoms with E-state index < -0.39 is 0 Å². The highest BCUT2D eigenvalue weighted by Gasteiger charge is 2.16. The lowest BCUT2D eigenvalue weighted by molar-refractivity contribution is 0.709. The van der Waals surface area contributed by atoms with Crippen LogP contribution in [0.5, 0.6) is 0 Å². The number of rotatable bonds is 2. The van der Waals surface area contributed by atoms with Crippen molar-refractivity contribution in [2.75, 3.05) is 12.4 Å². The summed E-state index contributed by atoms with van der Waals surface area (Å²) >= 11 is 3.51. The standard InChI is InChI=1S/C16H18BrN3/c1-18-16-13-8-3-2-4-9-14(13)19-15(20-16)11-6-5-7-12(17)10-11/h5-7,10H,2-4,8-9H2,1H3,(H,18,19,20). The van der Waals surface area contributed by atoms with E-state index in [-0.39, 0.29) is 0 Å². The van der Waals surface area contributed by atoms with Crippen molar-refractivity contribution in [2.24, 2.45) is 0 Å². The molecule has 1 aromatic heterocycles. The molecule has 1 heterocycles. The van der Waals surface area contributed by atoms with Crippen LogP contribution in [-0.4, -0.2) is 17.0 Å². The van der Waals surface area contributed by atoms with E-state index in [1.807, 2.05) is 19.2 Å². The first kappa shape index (κ1) is 13.6. The number of nitrogens with one attached hydrogen (secondary N) is 1. The van der Waals surface area contributed by atoms with E-state index in [1.165, 1.54) is 30.5 Å². The minimum absolute atomic E-state index is 0.816. The monoisotopic (exact) mass is 331 g/mol. The summed E-state index contributed by atoms with van der Waals surface area (Å²) in [4.78, 5) is 9.54. The maximum absolute atomic E-state index is 4.82. The van der Waals surface area contributed by atoms with Gasteiger partial charge in [-0.15, -0.1) is 0 Å². The lowest BCUT2D eigenvalue weighted by Crippen LogP contribution is -2.06. The molecule has 1 aliphatic carbocycles. The SMILES string of the molecule is CNc1nc(-c2cccc(Br)c2)nc2c1CCCCC2. The summed E-state index contributed by atoms with van der Waals surface area (Å²) in [5, 5.41) is 3.24. The Bertz CT molecular complexity index is 625. The normalized spacial score (nSPS) is 14.5. The second-order valence-corrected chi connectivity index (χ2v) is 6.06. The van der Waals surface area contributed by atoms with Crippen molar-refractivity contribution in [1.29, 1.82) is 0 Å². The maximum Gasteiger partial charge on any atom is 0.161 e. The molecule has 20 heavy (non-hydrogen) atoms. The van der Waals surface area contributed by atoms with Crippen LogP contribution in [0, 0.1) is 0 Å². The fourth-order valence-corrected chi connectivity index (χ4v) is 3.13. The van der Waals surface area contributed by atoms with Crippen LogP contribution < -0.4 is 5.32 Å². The molecule has 0 aliphatic heterocycles. The summed E-state index contributed by atoms with van der Waals surface area (Å²) in [6.07, 6.45) is 5.90. The Balaban J connectivity index is 2.11. The average molecular weight is 332 g/mol. The third kappa shape index (κ3) is 2.70. The lowest BCUT2D eigenvalue weighted by Gasteiger charge is -2.13. The van der Waals surface area contributed by atoms with Crippen molar-refractivity contribution < 1.29 is 0 Å². The van der Waals surface area contributed by atoms with Crippen molar-refractivity contribution in [1.82, 2.24) is 9.97 Å². The Morgan fingerprint density at radius 1 is 1.10 bits per heavy atom. The number of aryl methyl sites for hydroxylation is 1. The number of hydrogen-bond acceptors (Lipinski definition) is 3. The zero-order valence-electron chi connectivity index (χ0n) is 11.6. The number of hydrogen-bond donors (Lipinski definition) is 1. The molecule has 1 aromatic carbocycles. The predicted octanol–water partition coefficient (Wildman–Crippen LogP) is 4.22. The number of halogens is 1. The highest BCUT2D eigenvalue weighted by Crippen LogP contribution is 2.28. The Morgan fingerprint density at radius 3 is 2.75 bits per heavy atom. The Hall–Kier alpha value is -1.42. The minimum Gasteiger partial charge on any atom is -0.373 e. The second kappa shape index (κ2) is 5.92. The number of fused-ring (bicyclic) bond motifs is 1. The van der Waals surface area contributed by atoms with E-state index in [1.54, 1.807) is 0 Å². The van der Waals surface area contributed by atoms with Crippen LogP contribution in [0.2, 0.25) is 0 Å². The summed E-state index contributed by atoms with van der Waals surface area (Å²) in [6, 6.07) is 8.17. The van der Waals surface area contributed by atoms with Gasteiger partial charge in [-0.25, -0.2) is 9.97 Å². The average Bonchev–Trinajstić information content (AvgIpc) is 2.71. The maximum atomic E-state index is 4.82. The molecular weight excluding hydrogens is 314 g/mol. The van der Waals surface area contributed by atoms with Crippen molar-refractivity contribution in [3.8, 4) is 11.4 Å². The molecule has 1 N–H and O–H groups in total. The topological polar surface area (TPSA) is 37.8 Å². The second-order valence-electron chi connectivity index (χ2n) is 5.14. The van der Waals surface area contributed by atoms with Gasteiger partial charge < -0.3 is 5.32 Å². The van der Waals surface area contributed by atoms with Crippen LogP contribution in [0.1, 0.15) is 30.5 Å². The lowest BCUT2D eigenvalue weighted by atomic mass is 10.1. The summed E-state index contributed by atoms with van der Waals surface area (Å²) in [6.45, 7) is 0. The van der Waals surface area contributed by atoms with Gasteiger partial charge in [-0.05, 0) is 37.8 Å². The van der Waals surface area contributed by atoms with Gasteiger partial charge in [0.1, 0.15) is 5.82 Å². The van der Waals surface area contributed by atoms with Gasteiger partial charge in [-0.3, -0.25) is 0 Å². The van der Waals surface area contributed by atoms with E-state index in [2.05, 4.69) is 33.4 Å². The predicted molar refractivity (Wildman–Crippen MR) is 86.0 cm³/mol. The van der Waals surface area contributed by atoms with Gasteiger partial charge in [0.05, 0.1) is 0 Å². The number of benzene rings is 1. The van der Waals surface area contributed by atoms with Crippen LogP contribution >= 0.6 is 15.9 Å². The molecule has 0 radical (unpaired) electrons. The summed E-state index contributed by atoms with van der Waals surface area (Å²) in [5.74, 6) is 1.81. The molecule has 0 bridgehead atoms. The molecule has 0 amide bonds. The van der Waals surface area contributed by atoms with Gasteiger partial charge in [-0.2, -0.15) is 0 Å². The van der Waals surface area contributed by atoms with Crippen molar-refractivity contribution in [3.63, 3.8) is 0 Å². The fraction of sp³-hybridized carbons (Fsp3) is 0.375. The van der Waals surface area contributed by atoms with Gasteiger partial charge in [-0.1, -0.05) is 34.5 Å². The van der Waals surface area contributed by atoms with Gasteiger partial charge in [0, 0.05) is 28.3 Å². The molecule has 0 unspecified atom stereocenters. The summed E-state index contributed by atoms with van der Waals surface area (Å²) in [7, 11) is 1.94.